The molecule has 2 rings (SSSR count). The van der Waals surface area contributed by atoms with Gasteiger partial charge in [0.15, 0.2) is 0 Å². The van der Waals surface area contributed by atoms with Crippen molar-refractivity contribution in [2.75, 3.05) is 6.54 Å². The molecule has 15 heavy (non-hydrogen) atoms. The van der Waals surface area contributed by atoms with Gasteiger partial charge in [-0.3, -0.25) is 0 Å². The molecule has 0 radical (unpaired) electrons. The number of nitrogens with one attached hydrogen (secondary N) is 1. The van der Waals surface area contributed by atoms with Crippen molar-refractivity contribution in [3.8, 4) is 0 Å². The fraction of sp³-hybridized carbons (Fsp3) is 0.538. The molecule has 1 aliphatic rings. The second-order valence-electron chi connectivity index (χ2n) is 4.36. The van der Waals surface area contributed by atoms with Crippen molar-refractivity contribution in [2.45, 2.75) is 43.9 Å². The second kappa shape index (κ2) is 4.18. The third-order valence-corrected chi connectivity index (χ3v) is 4.42. The third kappa shape index (κ3) is 1.93. The van der Waals surface area contributed by atoms with Gasteiger partial charge in [0.25, 0.3) is 0 Å². The van der Waals surface area contributed by atoms with E-state index >= 15 is 0 Å². The van der Waals surface area contributed by atoms with E-state index in [2.05, 4.69) is 45.1 Å². The van der Waals surface area contributed by atoms with Gasteiger partial charge in [0.2, 0.25) is 0 Å². The lowest BCUT2D eigenvalue weighted by Gasteiger charge is -2.16. The Balaban J connectivity index is 2.43. The Kier molecular flexibility index (Phi) is 3.08. The maximum atomic E-state index is 3.58. The highest BCUT2D eigenvalue weighted by Gasteiger charge is 2.30. The van der Waals surface area contributed by atoms with Crippen LogP contribution < -0.4 is 5.32 Å². The van der Waals surface area contributed by atoms with Crippen molar-refractivity contribution in [3.63, 3.8) is 0 Å². The summed E-state index contributed by atoms with van der Waals surface area (Å²) >= 11 is 2.01. The number of rotatable bonds is 2. The monoisotopic (exact) mass is 221 g/mol. The Morgan fingerprint density at radius 1 is 1.33 bits per heavy atom. The number of fused-ring (bicyclic) bond motifs is 1. The first-order valence-corrected chi connectivity index (χ1v) is 6.52. The Morgan fingerprint density at radius 2 is 2.07 bits per heavy atom. The summed E-state index contributed by atoms with van der Waals surface area (Å²) in [4.78, 5) is 1.50. The number of aryl methyl sites for hydroxylation is 2. The summed E-state index contributed by atoms with van der Waals surface area (Å²) in [6, 6.07) is 5.16. The summed E-state index contributed by atoms with van der Waals surface area (Å²) in [6.45, 7) is 9.94. The zero-order chi connectivity index (χ0) is 11.0. The van der Waals surface area contributed by atoms with Gasteiger partial charge < -0.3 is 5.32 Å². The van der Waals surface area contributed by atoms with Gasteiger partial charge in [-0.15, -0.1) is 11.8 Å². The van der Waals surface area contributed by atoms with Crippen LogP contribution in [0.4, 0.5) is 0 Å². The van der Waals surface area contributed by atoms with E-state index in [4.69, 9.17) is 0 Å². The van der Waals surface area contributed by atoms with Crippen LogP contribution in [-0.2, 0) is 0 Å². The van der Waals surface area contributed by atoms with Crippen LogP contribution >= 0.6 is 11.8 Å². The van der Waals surface area contributed by atoms with Crippen molar-refractivity contribution >= 4 is 11.8 Å². The lowest BCUT2D eigenvalue weighted by atomic mass is 10.00. The molecule has 82 valence electrons. The summed E-state index contributed by atoms with van der Waals surface area (Å²) in [5, 5.41) is 4.24. The topological polar surface area (TPSA) is 12.0 Å². The lowest BCUT2D eigenvalue weighted by Crippen LogP contribution is -2.25. The SMILES string of the molecule is CCNC1c2cc(C)cc(C)c2SC1C. The molecule has 0 amide bonds. The summed E-state index contributed by atoms with van der Waals surface area (Å²) in [6.07, 6.45) is 0. The molecule has 0 spiro atoms. The molecule has 2 unspecified atom stereocenters. The van der Waals surface area contributed by atoms with Crippen molar-refractivity contribution in [2.24, 2.45) is 0 Å². The van der Waals surface area contributed by atoms with Crippen LogP contribution in [0.5, 0.6) is 0 Å². The number of hydrogen-bond acceptors (Lipinski definition) is 2. The normalized spacial score (nSPS) is 24.3. The fourth-order valence-electron chi connectivity index (χ4n) is 2.38. The van der Waals surface area contributed by atoms with E-state index < -0.39 is 0 Å². The Morgan fingerprint density at radius 3 is 2.73 bits per heavy atom. The molecule has 0 bridgehead atoms. The molecule has 1 aliphatic heterocycles. The van der Waals surface area contributed by atoms with Crippen LogP contribution in [0.3, 0.4) is 0 Å². The van der Waals surface area contributed by atoms with Crippen LogP contribution in [0, 0.1) is 13.8 Å². The predicted octanol–water partition coefficient (Wildman–Crippen LogP) is 3.45. The van der Waals surface area contributed by atoms with Gasteiger partial charge in [0, 0.05) is 16.2 Å². The maximum Gasteiger partial charge on any atom is 0.0452 e. The van der Waals surface area contributed by atoms with E-state index in [-0.39, 0.29) is 0 Å². The average Bonchev–Trinajstić information content (AvgIpc) is 2.46. The van der Waals surface area contributed by atoms with Crippen LogP contribution in [0.1, 0.15) is 36.6 Å². The Hall–Kier alpha value is -0.470. The van der Waals surface area contributed by atoms with Gasteiger partial charge in [-0.2, -0.15) is 0 Å². The molecule has 1 heterocycles. The van der Waals surface area contributed by atoms with Crippen molar-refractivity contribution in [3.05, 3.63) is 28.8 Å². The largest absolute Gasteiger partial charge is 0.309 e. The van der Waals surface area contributed by atoms with Gasteiger partial charge in [-0.1, -0.05) is 31.5 Å². The fourth-order valence-corrected chi connectivity index (χ4v) is 3.70. The van der Waals surface area contributed by atoms with Gasteiger partial charge >= 0.3 is 0 Å². The highest BCUT2D eigenvalue weighted by atomic mass is 32.2. The Labute approximate surface area is 96.7 Å². The molecule has 1 N–H and O–H groups in total. The van der Waals surface area contributed by atoms with Gasteiger partial charge in [0.1, 0.15) is 0 Å². The summed E-state index contributed by atoms with van der Waals surface area (Å²) in [7, 11) is 0. The van der Waals surface area contributed by atoms with Crippen molar-refractivity contribution in [1.82, 2.24) is 5.32 Å². The van der Waals surface area contributed by atoms with Crippen LogP contribution in [0.25, 0.3) is 0 Å². The highest BCUT2D eigenvalue weighted by Crippen LogP contribution is 2.45. The highest BCUT2D eigenvalue weighted by molar-refractivity contribution is 8.00. The first-order chi connectivity index (χ1) is 7.13. The smallest absolute Gasteiger partial charge is 0.0452 e. The third-order valence-electron chi connectivity index (χ3n) is 2.98. The molecule has 0 saturated heterocycles. The van der Waals surface area contributed by atoms with Crippen LogP contribution in [0.15, 0.2) is 17.0 Å². The molecular weight excluding hydrogens is 202 g/mol. The lowest BCUT2D eigenvalue weighted by molar-refractivity contribution is 0.552. The number of benzene rings is 1. The average molecular weight is 221 g/mol. The molecule has 0 aliphatic carbocycles. The first-order valence-electron chi connectivity index (χ1n) is 5.64. The molecule has 1 nitrogen and oxygen atoms in total. The van der Waals surface area contributed by atoms with Gasteiger partial charge in [-0.05, 0) is 31.5 Å². The summed E-state index contributed by atoms with van der Waals surface area (Å²) < 4.78 is 0. The number of thioether (sulfide) groups is 1. The summed E-state index contributed by atoms with van der Waals surface area (Å²) in [5.74, 6) is 0. The molecule has 1 aromatic carbocycles. The van der Waals surface area contributed by atoms with Crippen LogP contribution in [0.2, 0.25) is 0 Å². The molecule has 0 aromatic heterocycles. The second-order valence-corrected chi connectivity index (χ2v) is 5.75. The standard InChI is InChI=1S/C13H19NS/c1-5-14-12-10(4)15-13-9(3)6-8(2)7-11(12)13/h6-7,10,12,14H,5H2,1-4H3. The molecule has 0 fully saturated rings. The molecule has 1 aromatic rings. The molecule has 0 saturated carbocycles. The van der Waals surface area contributed by atoms with E-state index in [1.165, 1.54) is 21.6 Å². The number of hydrogen-bond donors (Lipinski definition) is 1. The minimum absolute atomic E-state index is 0.536. The van der Waals surface area contributed by atoms with E-state index in [0.717, 1.165) is 6.54 Å². The predicted molar refractivity (Wildman–Crippen MR) is 67.7 cm³/mol. The quantitative estimate of drug-likeness (QED) is 0.821. The van der Waals surface area contributed by atoms with E-state index in [0.29, 0.717) is 11.3 Å². The minimum atomic E-state index is 0.536. The van der Waals surface area contributed by atoms with Gasteiger partial charge in [0.05, 0.1) is 0 Å². The van der Waals surface area contributed by atoms with Crippen molar-refractivity contribution in [1.29, 1.82) is 0 Å². The molecule has 2 atom stereocenters. The van der Waals surface area contributed by atoms with E-state index in [1.807, 2.05) is 11.8 Å². The van der Waals surface area contributed by atoms with Crippen molar-refractivity contribution < 1.29 is 0 Å². The van der Waals surface area contributed by atoms with E-state index in [9.17, 15) is 0 Å². The molecule has 2 heteroatoms. The minimum Gasteiger partial charge on any atom is -0.309 e. The molecular formula is C13H19NS. The Bertz CT molecular complexity index is 373. The van der Waals surface area contributed by atoms with Gasteiger partial charge in [-0.25, -0.2) is 0 Å². The maximum absolute atomic E-state index is 3.58. The van der Waals surface area contributed by atoms with Crippen LogP contribution in [-0.4, -0.2) is 11.8 Å². The zero-order valence-electron chi connectivity index (χ0n) is 9.92. The summed E-state index contributed by atoms with van der Waals surface area (Å²) in [5.41, 5.74) is 4.32. The van der Waals surface area contributed by atoms with E-state index in [1.54, 1.807) is 0 Å². The first kappa shape index (κ1) is 11.0. The zero-order valence-corrected chi connectivity index (χ0v) is 10.7.